The third-order valence-corrected chi connectivity index (χ3v) is 4.27. The van der Waals surface area contributed by atoms with Crippen LogP contribution in [0.1, 0.15) is 20.3 Å². The molecule has 0 aromatic rings. The third kappa shape index (κ3) is 7.61. The number of hydrogen-bond acceptors (Lipinski definition) is 3. The molecule has 0 saturated heterocycles. The molecule has 0 radical (unpaired) electrons. The van der Waals surface area contributed by atoms with E-state index < -0.39 is 10.0 Å². The summed E-state index contributed by atoms with van der Waals surface area (Å²) in [6.07, 6.45) is 0.842. The van der Waals surface area contributed by atoms with Crippen LogP contribution in [-0.2, 0) is 10.0 Å². The highest BCUT2D eigenvalue weighted by Gasteiger charge is 2.11. The van der Waals surface area contributed by atoms with Gasteiger partial charge in [-0.05, 0) is 24.9 Å². The molecule has 1 atom stereocenters. The molecule has 3 nitrogen and oxygen atoms in total. The Bertz CT molecular complexity index is 219. The molecule has 0 aliphatic carbocycles. The Hall–Kier alpha value is 0.550. The summed E-state index contributed by atoms with van der Waals surface area (Å²) in [6.45, 7) is 3.93. The fraction of sp³-hybridized carbons (Fsp3) is 1.00. The van der Waals surface area contributed by atoms with Crippen molar-refractivity contribution in [1.82, 2.24) is 4.72 Å². The first-order valence-corrected chi connectivity index (χ1v) is 7.49. The molecular weight excluding hydrogens is 230 g/mol. The van der Waals surface area contributed by atoms with Crippen LogP contribution in [0.4, 0.5) is 0 Å². The largest absolute Gasteiger partial charge is 0.225 e. The van der Waals surface area contributed by atoms with Crippen molar-refractivity contribution < 1.29 is 8.42 Å². The van der Waals surface area contributed by atoms with E-state index in [1.807, 2.05) is 6.92 Å². The van der Waals surface area contributed by atoms with Crippen molar-refractivity contribution in [3.63, 3.8) is 0 Å². The topological polar surface area (TPSA) is 46.2 Å². The van der Waals surface area contributed by atoms with Crippen LogP contribution in [0.15, 0.2) is 0 Å². The molecule has 0 heterocycles. The van der Waals surface area contributed by atoms with Crippen LogP contribution in [0.2, 0.25) is 0 Å². The van der Waals surface area contributed by atoms with Gasteiger partial charge in [0.1, 0.15) is 5.21 Å². The lowest BCUT2D eigenvalue weighted by molar-refractivity contribution is 0.561. The summed E-state index contributed by atoms with van der Waals surface area (Å²) in [4.78, 5) is 0. The number of rotatable bonds is 7. The molecule has 1 N–H and O–H groups in total. The molecule has 6 heteroatoms. The van der Waals surface area contributed by atoms with Gasteiger partial charge in [-0.3, -0.25) is 0 Å². The maximum atomic E-state index is 11.0. The highest BCUT2D eigenvalue weighted by Crippen LogP contribution is 2.04. The van der Waals surface area contributed by atoms with Crippen LogP contribution in [0.5, 0.6) is 0 Å². The molecule has 80 valence electrons. The number of sulfonamides is 1. The lowest BCUT2D eigenvalue weighted by Gasteiger charge is -2.11. The second kappa shape index (κ2) is 6.92. The Morgan fingerprint density at radius 3 is 2.62 bits per heavy atom. The first kappa shape index (κ1) is 13.5. The number of nitrogens with one attached hydrogen (secondary N) is 1. The fourth-order valence-electron chi connectivity index (χ4n) is 0.801. The van der Waals surface area contributed by atoms with Crippen LogP contribution >= 0.6 is 23.4 Å². The molecule has 0 aliphatic rings. The Morgan fingerprint density at radius 1 is 1.54 bits per heavy atom. The third-order valence-electron chi connectivity index (χ3n) is 1.42. The molecule has 0 aromatic heterocycles. The number of hydrogen-bond donors (Lipinski definition) is 1. The molecular formula is C7H16ClNO2S2. The number of alkyl halides is 1. The first-order valence-electron chi connectivity index (χ1n) is 4.15. The van der Waals surface area contributed by atoms with Crippen molar-refractivity contribution >= 4 is 33.4 Å². The molecule has 0 aromatic carbocycles. The standard InChI is InChI=1S/C7H16ClNO2S2/c1-3-12-5-4-7(2)9-13(10,11)6-8/h7,9H,3-6H2,1-2H3. The van der Waals surface area contributed by atoms with E-state index in [0.717, 1.165) is 17.9 Å². The fourth-order valence-corrected chi connectivity index (χ4v) is 2.59. The monoisotopic (exact) mass is 245 g/mol. The highest BCUT2D eigenvalue weighted by molar-refractivity contribution is 7.99. The van der Waals surface area contributed by atoms with Crippen molar-refractivity contribution in [1.29, 1.82) is 0 Å². The van der Waals surface area contributed by atoms with Gasteiger partial charge < -0.3 is 0 Å². The molecule has 0 aliphatic heterocycles. The lowest BCUT2D eigenvalue weighted by atomic mass is 10.3. The summed E-state index contributed by atoms with van der Waals surface area (Å²) in [5.74, 6) is 2.04. The van der Waals surface area contributed by atoms with E-state index in [1.54, 1.807) is 11.8 Å². The van der Waals surface area contributed by atoms with Gasteiger partial charge in [-0.2, -0.15) is 11.8 Å². The molecule has 1 unspecified atom stereocenters. The Labute approximate surface area is 89.7 Å². The van der Waals surface area contributed by atoms with Crippen molar-refractivity contribution in [3.05, 3.63) is 0 Å². The van der Waals surface area contributed by atoms with E-state index in [4.69, 9.17) is 11.6 Å². The van der Waals surface area contributed by atoms with Gasteiger partial charge in [-0.15, -0.1) is 11.6 Å². The van der Waals surface area contributed by atoms with Gasteiger partial charge in [0.25, 0.3) is 0 Å². The molecule has 0 fully saturated rings. The van der Waals surface area contributed by atoms with Gasteiger partial charge >= 0.3 is 0 Å². The Morgan fingerprint density at radius 2 is 2.15 bits per heavy atom. The summed E-state index contributed by atoms with van der Waals surface area (Å²) in [6, 6.07) is -0.0252. The van der Waals surface area contributed by atoms with Crippen LogP contribution in [0.3, 0.4) is 0 Å². The second-order valence-corrected chi connectivity index (χ2v) is 6.46. The van der Waals surface area contributed by atoms with E-state index in [2.05, 4.69) is 11.6 Å². The quantitative estimate of drug-likeness (QED) is 0.548. The number of halogens is 1. The van der Waals surface area contributed by atoms with Gasteiger partial charge in [0.15, 0.2) is 0 Å². The summed E-state index contributed by atoms with van der Waals surface area (Å²) in [5, 5.41) is -0.363. The van der Waals surface area contributed by atoms with Gasteiger partial charge in [0.05, 0.1) is 0 Å². The summed E-state index contributed by atoms with van der Waals surface area (Å²) >= 11 is 7.05. The Balaban J connectivity index is 3.68. The lowest BCUT2D eigenvalue weighted by Crippen LogP contribution is -2.33. The van der Waals surface area contributed by atoms with E-state index in [1.165, 1.54) is 0 Å². The predicted molar refractivity (Wildman–Crippen MR) is 59.9 cm³/mol. The minimum Gasteiger partial charge on any atom is -0.211 e. The SMILES string of the molecule is CCSCCC(C)NS(=O)(=O)CCl. The van der Waals surface area contributed by atoms with Crippen molar-refractivity contribution in [2.75, 3.05) is 16.7 Å². The first-order chi connectivity index (χ1) is 6.02. The van der Waals surface area contributed by atoms with Crippen molar-refractivity contribution in [3.8, 4) is 0 Å². The molecule has 0 saturated carbocycles. The molecule has 0 amide bonds. The minimum absolute atomic E-state index is 0.0252. The zero-order valence-corrected chi connectivity index (χ0v) is 10.3. The van der Waals surface area contributed by atoms with Crippen LogP contribution < -0.4 is 4.72 Å². The van der Waals surface area contributed by atoms with Gasteiger partial charge in [0.2, 0.25) is 10.0 Å². The molecule has 0 bridgehead atoms. The molecule has 13 heavy (non-hydrogen) atoms. The summed E-state index contributed by atoms with van der Waals surface area (Å²) in [7, 11) is -3.25. The van der Waals surface area contributed by atoms with Gasteiger partial charge in [-0.25, -0.2) is 13.1 Å². The van der Waals surface area contributed by atoms with Crippen molar-refractivity contribution in [2.24, 2.45) is 0 Å². The summed E-state index contributed by atoms with van der Waals surface area (Å²) < 4.78 is 24.5. The van der Waals surface area contributed by atoms with Crippen LogP contribution in [-0.4, -0.2) is 31.2 Å². The van der Waals surface area contributed by atoms with Gasteiger partial charge in [0, 0.05) is 6.04 Å². The van der Waals surface area contributed by atoms with E-state index in [0.29, 0.717) is 0 Å². The molecule has 0 rings (SSSR count). The normalized spacial score (nSPS) is 14.4. The van der Waals surface area contributed by atoms with Crippen LogP contribution in [0, 0.1) is 0 Å². The zero-order valence-electron chi connectivity index (χ0n) is 7.92. The second-order valence-electron chi connectivity index (χ2n) is 2.73. The zero-order chi connectivity index (χ0) is 10.3. The maximum Gasteiger partial charge on any atom is 0.225 e. The van der Waals surface area contributed by atoms with Crippen molar-refractivity contribution in [2.45, 2.75) is 26.3 Å². The van der Waals surface area contributed by atoms with E-state index in [-0.39, 0.29) is 11.3 Å². The average molecular weight is 246 g/mol. The Kier molecular flexibility index (Phi) is 7.22. The smallest absolute Gasteiger partial charge is 0.211 e. The van der Waals surface area contributed by atoms with E-state index >= 15 is 0 Å². The maximum absolute atomic E-state index is 11.0. The van der Waals surface area contributed by atoms with E-state index in [9.17, 15) is 8.42 Å². The predicted octanol–water partition coefficient (Wildman–Crippen LogP) is 1.63. The highest BCUT2D eigenvalue weighted by atomic mass is 35.5. The summed E-state index contributed by atoms with van der Waals surface area (Å²) in [5.41, 5.74) is 0. The number of thioether (sulfide) groups is 1. The minimum atomic E-state index is -3.25. The molecule has 0 spiro atoms. The van der Waals surface area contributed by atoms with Crippen LogP contribution in [0.25, 0.3) is 0 Å². The van der Waals surface area contributed by atoms with Gasteiger partial charge in [-0.1, -0.05) is 6.92 Å². The average Bonchev–Trinajstić information content (AvgIpc) is 2.04.